The molecule has 1 aromatic rings. The third kappa shape index (κ3) is 7.25. The monoisotopic (exact) mass is 342 g/mol. The lowest BCUT2D eigenvalue weighted by Gasteiger charge is -2.12. The fourth-order valence-corrected chi connectivity index (χ4v) is 2.38. The van der Waals surface area contributed by atoms with E-state index in [0.717, 1.165) is 18.4 Å². The smallest absolute Gasteiger partial charge is 0.376 e. The molecule has 0 aliphatic heterocycles. The maximum absolute atomic E-state index is 13.1. The fraction of sp³-hybridized carbons (Fsp3) is 0.417. The third-order valence-electron chi connectivity index (χ3n) is 2.41. The van der Waals surface area contributed by atoms with Crippen LogP contribution < -0.4 is 10.6 Å². The predicted octanol–water partition coefficient (Wildman–Crippen LogP) is 1.46. The average molecular weight is 342 g/mol. The van der Waals surface area contributed by atoms with Crippen molar-refractivity contribution < 1.29 is 30.8 Å². The van der Waals surface area contributed by atoms with E-state index in [4.69, 9.17) is 0 Å². The second kappa shape index (κ2) is 6.95. The van der Waals surface area contributed by atoms with Gasteiger partial charge in [0.1, 0.15) is 12.4 Å². The van der Waals surface area contributed by atoms with Gasteiger partial charge in [0, 0.05) is 11.9 Å². The molecule has 0 bridgehead atoms. The van der Waals surface area contributed by atoms with Crippen LogP contribution in [-0.2, 0) is 20.4 Å². The molecule has 22 heavy (non-hydrogen) atoms. The van der Waals surface area contributed by atoms with Crippen molar-refractivity contribution in [2.45, 2.75) is 11.9 Å². The lowest BCUT2D eigenvalue weighted by atomic mass is 10.2. The normalized spacial score (nSPS) is 12.0. The van der Waals surface area contributed by atoms with Crippen molar-refractivity contribution in [3.8, 4) is 0 Å². The minimum absolute atomic E-state index is 0.0890. The SMILES string of the molecule is CS(=O)(=O)Cc1cc(F)ccc1NCC(=O)NCC(F)(F)F. The summed E-state index contributed by atoms with van der Waals surface area (Å²) in [4.78, 5) is 11.3. The van der Waals surface area contributed by atoms with Crippen LogP contribution in [0.3, 0.4) is 0 Å². The van der Waals surface area contributed by atoms with Crippen molar-refractivity contribution >= 4 is 21.4 Å². The van der Waals surface area contributed by atoms with E-state index in [1.54, 1.807) is 5.32 Å². The van der Waals surface area contributed by atoms with Gasteiger partial charge in [0.15, 0.2) is 9.84 Å². The molecule has 0 aliphatic rings. The Kier molecular flexibility index (Phi) is 5.75. The molecule has 0 unspecified atom stereocenters. The van der Waals surface area contributed by atoms with Gasteiger partial charge in [-0.25, -0.2) is 12.8 Å². The molecule has 0 atom stereocenters. The highest BCUT2D eigenvalue weighted by molar-refractivity contribution is 7.89. The Hall–Kier alpha value is -1.84. The number of carbonyl (C=O) groups is 1. The van der Waals surface area contributed by atoms with Crippen LogP contribution in [0.5, 0.6) is 0 Å². The van der Waals surface area contributed by atoms with E-state index in [2.05, 4.69) is 5.32 Å². The van der Waals surface area contributed by atoms with E-state index < -0.39 is 46.6 Å². The van der Waals surface area contributed by atoms with Crippen molar-refractivity contribution in [3.63, 3.8) is 0 Å². The van der Waals surface area contributed by atoms with Crippen LogP contribution in [0.25, 0.3) is 0 Å². The van der Waals surface area contributed by atoms with E-state index in [9.17, 15) is 30.8 Å². The summed E-state index contributed by atoms with van der Waals surface area (Å²) < 4.78 is 71.5. The molecule has 0 heterocycles. The number of amides is 1. The third-order valence-corrected chi connectivity index (χ3v) is 3.25. The van der Waals surface area contributed by atoms with Crippen LogP contribution in [0.1, 0.15) is 5.56 Å². The van der Waals surface area contributed by atoms with Gasteiger partial charge < -0.3 is 10.6 Å². The summed E-state index contributed by atoms with van der Waals surface area (Å²) in [6, 6.07) is 3.24. The summed E-state index contributed by atoms with van der Waals surface area (Å²) in [5.74, 6) is -2.05. The van der Waals surface area contributed by atoms with Gasteiger partial charge >= 0.3 is 6.18 Å². The summed E-state index contributed by atoms with van der Waals surface area (Å²) in [6.07, 6.45) is -3.56. The quantitative estimate of drug-likeness (QED) is 0.768. The Morgan fingerprint density at radius 3 is 2.45 bits per heavy atom. The summed E-state index contributed by atoms with van der Waals surface area (Å²) >= 11 is 0. The highest BCUT2D eigenvalue weighted by atomic mass is 32.2. The number of carbonyl (C=O) groups excluding carboxylic acids is 1. The van der Waals surface area contributed by atoms with E-state index in [1.807, 2.05) is 0 Å². The number of sulfone groups is 1. The zero-order valence-corrected chi connectivity index (χ0v) is 12.3. The van der Waals surface area contributed by atoms with Crippen molar-refractivity contribution in [2.75, 3.05) is 24.7 Å². The second-order valence-electron chi connectivity index (χ2n) is 4.62. The fourth-order valence-electron chi connectivity index (χ4n) is 1.57. The first-order valence-corrected chi connectivity index (χ1v) is 8.06. The predicted molar refractivity (Wildman–Crippen MR) is 72.5 cm³/mol. The number of halogens is 4. The number of anilines is 1. The number of nitrogens with one attached hydrogen (secondary N) is 2. The lowest BCUT2D eigenvalue weighted by molar-refractivity contribution is -0.137. The molecular weight excluding hydrogens is 328 g/mol. The molecule has 5 nitrogen and oxygen atoms in total. The number of hydrogen-bond donors (Lipinski definition) is 2. The molecular formula is C12H14F4N2O3S. The van der Waals surface area contributed by atoms with Gasteiger partial charge in [-0.2, -0.15) is 13.2 Å². The Balaban J connectivity index is 2.71. The first kappa shape index (κ1) is 18.2. The topological polar surface area (TPSA) is 75.3 Å². The first-order valence-electron chi connectivity index (χ1n) is 6.00. The van der Waals surface area contributed by atoms with Crippen LogP contribution in [0.4, 0.5) is 23.2 Å². The maximum atomic E-state index is 13.1. The van der Waals surface area contributed by atoms with Crippen LogP contribution in [0, 0.1) is 5.82 Å². The number of rotatable bonds is 6. The van der Waals surface area contributed by atoms with Gasteiger partial charge in [0.2, 0.25) is 5.91 Å². The molecule has 0 spiro atoms. The molecule has 0 aliphatic carbocycles. The van der Waals surface area contributed by atoms with Crippen LogP contribution >= 0.6 is 0 Å². The zero-order valence-electron chi connectivity index (χ0n) is 11.5. The highest BCUT2D eigenvalue weighted by Gasteiger charge is 2.27. The first-order chi connectivity index (χ1) is 9.96. The Bertz CT molecular complexity index is 644. The molecule has 1 rings (SSSR count). The second-order valence-corrected chi connectivity index (χ2v) is 6.76. The number of benzene rings is 1. The van der Waals surface area contributed by atoms with Gasteiger partial charge in [-0.1, -0.05) is 0 Å². The Morgan fingerprint density at radius 2 is 1.91 bits per heavy atom. The summed E-state index contributed by atoms with van der Waals surface area (Å²) in [5, 5.41) is 4.14. The van der Waals surface area contributed by atoms with Crippen LogP contribution in [0.2, 0.25) is 0 Å². The summed E-state index contributed by atoms with van der Waals surface area (Å²) in [5.41, 5.74) is 0.250. The van der Waals surface area contributed by atoms with Gasteiger partial charge in [0.05, 0.1) is 12.3 Å². The molecule has 2 N–H and O–H groups in total. The maximum Gasteiger partial charge on any atom is 0.405 e. The molecule has 0 fully saturated rings. The molecule has 124 valence electrons. The van der Waals surface area contributed by atoms with Crippen molar-refractivity contribution in [2.24, 2.45) is 0 Å². The van der Waals surface area contributed by atoms with Crippen molar-refractivity contribution in [3.05, 3.63) is 29.6 Å². The van der Waals surface area contributed by atoms with Crippen LogP contribution in [0.15, 0.2) is 18.2 Å². The molecule has 10 heteroatoms. The molecule has 0 radical (unpaired) electrons. The van der Waals surface area contributed by atoms with E-state index in [1.165, 1.54) is 6.07 Å². The molecule has 0 aromatic heterocycles. The lowest BCUT2D eigenvalue weighted by Crippen LogP contribution is -2.37. The molecule has 1 aromatic carbocycles. The molecule has 0 saturated heterocycles. The number of alkyl halides is 3. The van der Waals surface area contributed by atoms with E-state index >= 15 is 0 Å². The largest absolute Gasteiger partial charge is 0.405 e. The minimum Gasteiger partial charge on any atom is -0.376 e. The van der Waals surface area contributed by atoms with Gasteiger partial charge in [0.25, 0.3) is 0 Å². The average Bonchev–Trinajstić information content (AvgIpc) is 2.32. The molecule has 1 amide bonds. The van der Waals surface area contributed by atoms with Crippen molar-refractivity contribution in [1.29, 1.82) is 0 Å². The number of hydrogen-bond acceptors (Lipinski definition) is 4. The van der Waals surface area contributed by atoms with Gasteiger partial charge in [-0.3, -0.25) is 4.79 Å². The van der Waals surface area contributed by atoms with Gasteiger partial charge in [-0.15, -0.1) is 0 Å². The van der Waals surface area contributed by atoms with Crippen LogP contribution in [-0.4, -0.2) is 39.8 Å². The van der Waals surface area contributed by atoms with Gasteiger partial charge in [-0.05, 0) is 23.8 Å². The zero-order chi connectivity index (χ0) is 17.0. The summed E-state index contributed by atoms with van der Waals surface area (Å²) in [6.45, 7) is -1.97. The Morgan fingerprint density at radius 1 is 1.27 bits per heavy atom. The Labute approximate surface area is 124 Å². The summed E-state index contributed by atoms with van der Waals surface area (Å²) in [7, 11) is -3.44. The van der Waals surface area contributed by atoms with E-state index in [0.29, 0.717) is 0 Å². The highest BCUT2D eigenvalue weighted by Crippen LogP contribution is 2.19. The van der Waals surface area contributed by atoms with Crippen molar-refractivity contribution in [1.82, 2.24) is 5.32 Å². The standard InChI is InChI=1S/C12H14F4N2O3S/c1-22(20,21)6-8-4-9(13)2-3-10(8)17-5-11(19)18-7-12(14,15)16/h2-4,17H,5-7H2,1H3,(H,18,19). The molecule has 0 saturated carbocycles. The minimum atomic E-state index is -4.52. The van der Waals surface area contributed by atoms with E-state index in [-0.39, 0.29) is 11.3 Å².